The zero-order chi connectivity index (χ0) is 22.7. The molecule has 2 aromatic heterocycles. The normalized spacial score (nSPS) is 11.6. The van der Waals surface area contributed by atoms with Crippen LogP contribution in [0.15, 0.2) is 48.5 Å². The van der Waals surface area contributed by atoms with Crippen molar-refractivity contribution in [2.75, 3.05) is 0 Å². The van der Waals surface area contributed by atoms with E-state index in [-0.39, 0.29) is 0 Å². The molecule has 0 atom stereocenters. The van der Waals surface area contributed by atoms with Crippen LogP contribution in [0.4, 0.5) is 0 Å². The largest absolute Gasteiger partial charge is 0.384 e. The Morgan fingerprint density at radius 1 is 1.09 bits per heavy atom. The van der Waals surface area contributed by atoms with Gasteiger partial charge in [-0.3, -0.25) is 4.79 Å². The van der Waals surface area contributed by atoms with E-state index in [2.05, 4.69) is 32.5 Å². The van der Waals surface area contributed by atoms with Gasteiger partial charge in [0.15, 0.2) is 12.1 Å². The van der Waals surface area contributed by atoms with E-state index in [0.717, 1.165) is 47.2 Å². The predicted octanol–water partition coefficient (Wildman–Crippen LogP) is 3.77. The van der Waals surface area contributed by atoms with Gasteiger partial charge in [0.2, 0.25) is 0 Å². The lowest BCUT2D eigenvalue weighted by molar-refractivity contribution is 0.0723. The molecule has 2 heterocycles. The van der Waals surface area contributed by atoms with Crippen molar-refractivity contribution in [3.05, 3.63) is 71.3 Å². The summed E-state index contributed by atoms with van der Waals surface area (Å²) in [4.78, 5) is 16.5. The van der Waals surface area contributed by atoms with Crippen LogP contribution in [0.1, 0.15) is 54.8 Å². The number of benzene rings is 2. The standard InChI is InChI=1S/C24H26N6O2/c1-4-7-21-25-22(24(2,3)32)20(15-31)30(21)14-16-10-12-17(13-11-16)18-8-5-6-9-19(18)23-26-28-29-27-23/h5-6,8-13,15,32H,4,7,14H2,1-3H3,(H,26,27,28,29). The first-order valence-electron chi connectivity index (χ1n) is 10.6. The summed E-state index contributed by atoms with van der Waals surface area (Å²) >= 11 is 0. The van der Waals surface area contributed by atoms with Gasteiger partial charge >= 0.3 is 0 Å². The molecular formula is C24H26N6O2. The number of nitrogens with one attached hydrogen (secondary N) is 1. The molecule has 2 aromatic carbocycles. The van der Waals surface area contributed by atoms with Crippen molar-refractivity contribution < 1.29 is 9.90 Å². The second kappa shape index (κ2) is 8.84. The second-order valence-electron chi connectivity index (χ2n) is 8.27. The second-order valence-corrected chi connectivity index (χ2v) is 8.27. The van der Waals surface area contributed by atoms with Gasteiger partial charge in [-0.15, -0.1) is 5.10 Å². The number of aryl methyl sites for hydroxylation is 1. The Balaban J connectivity index is 1.68. The van der Waals surface area contributed by atoms with E-state index in [1.54, 1.807) is 13.8 Å². The smallest absolute Gasteiger partial charge is 0.180 e. The van der Waals surface area contributed by atoms with Crippen molar-refractivity contribution in [2.45, 2.75) is 45.8 Å². The number of carbonyl (C=O) groups excluding carboxylic acids is 1. The van der Waals surface area contributed by atoms with Crippen LogP contribution < -0.4 is 0 Å². The van der Waals surface area contributed by atoms with Gasteiger partial charge in [-0.1, -0.05) is 55.5 Å². The minimum Gasteiger partial charge on any atom is -0.384 e. The predicted molar refractivity (Wildman–Crippen MR) is 121 cm³/mol. The van der Waals surface area contributed by atoms with Crippen molar-refractivity contribution in [3.8, 4) is 22.5 Å². The molecule has 2 N–H and O–H groups in total. The molecule has 0 saturated carbocycles. The summed E-state index contributed by atoms with van der Waals surface area (Å²) in [5.74, 6) is 1.42. The Labute approximate surface area is 186 Å². The zero-order valence-electron chi connectivity index (χ0n) is 18.4. The number of aliphatic hydroxyl groups is 1. The lowest BCUT2D eigenvalue weighted by Crippen LogP contribution is -2.19. The molecule has 164 valence electrons. The molecule has 4 rings (SSSR count). The van der Waals surface area contributed by atoms with E-state index in [1.807, 2.05) is 53.1 Å². The molecule has 4 aromatic rings. The van der Waals surface area contributed by atoms with Crippen LogP contribution >= 0.6 is 0 Å². The zero-order valence-corrected chi connectivity index (χ0v) is 18.4. The first kappa shape index (κ1) is 21.6. The Bertz CT molecular complexity index is 1200. The Morgan fingerprint density at radius 3 is 2.41 bits per heavy atom. The summed E-state index contributed by atoms with van der Waals surface area (Å²) in [6, 6.07) is 16.1. The molecule has 0 saturated heterocycles. The monoisotopic (exact) mass is 430 g/mol. The molecule has 8 heteroatoms. The number of rotatable bonds is 8. The summed E-state index contributed by atoms with van der Waals surface area (Å²) in [5.41, 5.74) is 3.66. The maximum absolute atomic E-state index is 11.9. The van der Waals surface area contributed by atoms with Crippen molar-refractivity contribution >= 4 is 6.29 Å². The van der Waals surface area contributed by atoms with Gasteiger partial charge in [-0.2, -0.15) is 0 Å². The van der Waals surface area contributed by atoms with Crippen LogP contribution in [0.5, 0.6) is 0 Å². The molecule has 0 radical (unpaired) electrons. The molecule has 32 heavy (non-hydrogen) atoms. The third kappa shape index (κ3) is 4.22. The summed E-state index contributed by atoms with van der Waals surface area (Å²) < 4.78 is 1.91. The lowest BCUT2D eigenvalue weighted by Gasteiger charge is -2.15. The highest BCUT2D eigenvalue weighted by Gasteiger charge is 2.27. The number of aromatic nitrogens is 6. The average Bonchev–Trinajstić information content (AvgIpc) is 3.43. The van der Waals surface area contributed by atoms with Crippen LogP contribution in [0.25, 0.3) is 22.5 Å². The molecule has 8 nitrogen and oxygen atoms in total. The molecule has 0 aliphatic carbocycles. The fourth-order valence-electron chi connectivity index (χ4n) is 3.86. The Morgan fingerprint density at radius 2 is 1.81 bits per heavy atom. The number of H-pyrrole nitrogens is 1. The molecule has 0 amide bonds. The van der Waals surface area contributed by atoms with E-state index in [0.29, 0.717) is 23.8 Å². The van der Waals surface area contributed by atoms with E-state index < -0.39 is 5.60 Å². The van der Waals surface area contributed by atoms with E-state index in [1.165, 1.54) is 0 Å². The average molecular weight is 431 g/mol. The van der Waals surface area contributed by atoms with E-state index in [4.69, 9.17) is 0 Å². The number of aromatic amines is 1. The third-order valence-corrected chi connectivity index (χ3v) is 5.38. The SMILES string of the molecule is CCCc1nc(C(C)(C)O)c(C=O)n1Cc1ccc(-c2ccccc2-c2nnn[nH]2)cc1. The first-order chi connectivity index (χ1) is 15.4. The van der Waals surface area contributed by atoms with E-state index >= 15 is 0 Å². The number of carbonyl (C=O) groups is 1. The number of aldehydes is 1. The quantitative estimate of drug-likeness (QED) is 0.412. The molecule has 0 aliphatic heterocycles. The lowest BCUT2D eigenvalue weighted by atomic mass is 9.98. The maximum Gasteiger partial charge on any atom is 0.180 e. The molecule has 0 aliphatic rings. The van der Waals surface area contributed by atoms with Crippen LogP contribution in [-0.4, -0.2) is 41.6 Å². The van der Waals surface area contributed by atoms with Crippen LogP contribution in [0.3, 0.4) is 0 Å². The molecule has 0 fully saturated rings. The summed E-state index contributed by atoms with van der Waals surface area (Å²) in [7, 11) is 0. The molecule has 0 spiro atoms. The number of imidazole rings is 1. The third-order valence-electron chi connectivity index (χ3n) is 5.38. The van der Waals surface area contributed by atoms with Gasteiger partial charge in [0.05, 0.1) is 0 Å². The molecule has 0 bridgehead atoms. The first-order valence-corrected chi connectivity index (χ1v) is 10.6. The number of hydrogen-bond acceptors (Lipinski definition) is 6. The fourth-order valence-corrected chi connectivity index (χ4v) is 3.86. The minimum absolute atomic E-state index is 0.419. The van der Waals surface area contributed by atoms with Crippen LogP contribution in [0.2, 0.25) is 0 Å². The van der Waals surface area contributed by atoms with E-state index in [9.17, 15) is 9.90 Å². The number of tetrazole rings is 1. The molecular weight excluding hydrogens is 404 g/mol. The topological polar surface area (TPSA) is 110 Å². The number of hydrogen-bond donors (Lipinski definition) is 2. The van der Waals surface area contributed by atoms with Crippen molar-refractivity contribution in [2.24, 2.45) is 0 Å². The fraction of sp³-hybridized carbons (Fsp3) is 0.292. The van der Waals surface area contributed by atoms with Crippen LogP contribution in [0, 0.1) is 0 Å². The highest BCUT2D eigenvalue weighted by Crippen LogP contribution is 2.30. The van der Waals surface area contributed by atoms with Gasteiger partial charge in [-0.05, 0) is 47.4 Å². The van der Waals surface area contributed by atoms with Gasteiger partial charge in [0.1, 0.15) is 22.8 Å². The summed E-state index contributed by atoms with van der Waals surface area (Å²) in [6.45, 7) is 5.87. The highest BCUT2D eigenvalue weighted by molar-refractivity contribution is 5.80. The molecule has 0 unspecified atom stereocenters. The minimum atomic E-state index is -1.19. The summed E-state index contributed by atoms with van der Waals surface area (Å²) in [6.07, 6.45) is 2.41. The van der Waals surface area contributed by atoms with Gasteiger partial charge in [0.25, 0.3) is 0 Å². The highest BCUT2D eigenvalue weighted by atomic mass is 16.3. The Kier molecular flexibility index (Phi) is 5.96. The number of nitrogens with zero attached hydrogens (tertiary/aromatic N) is 5. The van der Waals surface area contributed by atoms with Crippen molar-refractivity contribution in [1.29, 1.82) is 0 Å². The van der Waals surface area contributed by atoms with Gasteiger partial charge in [0, 0.05) is 18.5 Å². The van der Waals surface area contributed by atoms with Crippen molar-refractivity contribution in [3.63, 3.8) is 0 Å². The van der Waals surface area contributed by atoms with Gasteiger partial charge < -0.3 is 9.67 Å². The van der Waals surface area contributed by atoms with Gasteiger partial charge in [-0.25, -0.2) is 10.1 Å². The Hall–Kier alpha value is -3.65. The van der Waals surface area contributed by atoms with Crippen LogP contribution in [-0.2, 0) is 18.6 Å². The van der Waals surface area contributed by atoms with Crippen molar-refractivity contribution in [1.82, 2.24) is 30.2 Å². The summed E-state index contributed by atoms with van der Waals surface area (Å²) in [5, 5.41) is 24.7. The maximum atomic E-state index is 11.9.